The summed E-state index contributed by atoms with van der Waals surface area (Å²) in [6, 6.07) is 58.3. The molecule has 0 spiro atoms. The van der Waals surface area contributed by atoms with Gasteiger partial charge in [0.25, 0.3) is 0 Å². The number of halogens is 2. The van der Waals surface area contributed by atoms with Crippen molar-refractivity contribution in [1.82, 2.24) is 9.55 Å². The van der Waals surface area contributed by atoms with Crippen molar-refractivity contribution in [2.45, 2.75) is 77.0 Å². The number of rotatable bonds is 7. The van der Waals surface area contributed by atoms with E-state index in [1.54, 1.807) is 23.5 Å². The molecule has 0 saturated heterocycles. The van der Waals surface area contributed by atoms with Crippen LogP contribution >= 0.6 is 11.3 Å². The second-order valence-corrected chi connectivity index (χ2v) is 31.4. The van der Waals surface area contributed by atoms with Gasteiger partial charge in [-0.15, -0.1) is 18.2 Å². The number of benzene rings is 8. The van der Waals surface area contributed by atoms with E-state index in [0.717, 1.165) is 75.9 Å². The van der Waals surface area contributed by atoms with E-state index < -0.39 is 19.2 Å². The molecule has 8 aromatic carbocycles. The summed E-state index contributed by atoms with van der Waals surface area (Å²) in [5.74, 6) is 6.77. The van der Waals surface area contributed by atoms with Gasteiger partial charge in [-0.05, 0) is 99.1 Å². The average molecular weight is 1150 g/mol. The van der Waals surface area contributed by atoms with Crippen molar-refractivity contribution in [3.8, 4) is 50.5 Å². The molecule has 68 heavy (non-hydrogen) atoms. The molecule has 10 aromatic rings. The Morgan fingerprint density at radius 3 is 2.12 bits per heavy atom. The molecule has 0 atom stereocenters. The number of aromatic nitrogens is 2. The minimum absolute atomic E-state index is 0. The summed E-state index contributed by atoms with van der Waals surface area (Å²) in [5, 5.41) is 2.25. The summed E-state index contributed by atoms with van der Waals surface area (Å²) in [7, 11) is 0. The summed E-state index contributed by atoms with van der Waals surface area (Å²) in [6.07, 6.45) is 0. The van der Waals surface area contributed by atoms with Gasteiger partial charge < -0.3 is 4.57 Å². The molecule has 0 saturated carbocycles. The van der Waals surface area contributed by atoms with Crippen LogP contribution in [0, 0.1) is 43.7 Å². The van der Waals surface area contributed by atoms with E-state index in [1.807, 2.05) is 88.4 Å². The summed E-state index contributed by atoms with van der Waals surface area (Å²) in [6.45, 7) is 14.2. The van der Waals surface area contributed by atoms with Crippen molar-refractivity contribution < 1.29 is 30.3 Å². The Hall–Kier alpha value is -5.50. The van der Waals surface area contributed by atoms with Gasteiger partial charge in [0.05, 0.1) is 22.5 Å². The fourth-order valence-electron chi connectivity index (χ4n) is 9.12. The van der Waals surface area contributed by atoms with E-state index in [0.29, 0.717) is 28.0 Å². The van der Waals surface area contributed by atoms with E-state index in [2.05, 4.69) is 128 Å². The second-order valence-electron chi connectivity index (χ2n) is 19.8. The molecule has 2 heterocycles. The van der Waals surface area contributed by atoms with Gasteiger partial charge in [0.2, 0.25) is 0 Å². The first kappa shape index (κ1) is 47.6. The molecule has 342 valence electrons. The smallest absolute Gasteiger partial charge is 3.00 e. The molecule has 10 rings (SSSR count). The molecule has 0 aliphatic carbocycles. The van der Waals surface area contributed by atoms with Gasteiger partial charge in [-0.25, -0.2) is 8.78 Å². The summed E-state index contributed by atoms with van der Waals surface area (Å²) < 4.78 is 43.7. The van der Waals surface area contributed by atoms with Gasteiger partial charge in [0.15, 0.2) is 0 Å². The summed E-state index contributed by atoms with van der Waals surface area (Å²) in [4.78, 5) is 5.21. The molecule has 0 amide bonds. The maximum Gasteiger partial charge on any atom is 3.00 e. The maximum absolute atomic E-state index is 15.1. The molecule has 7 heteroatoms. The molecule has 0 unspecified atom stereocenters. The van der Waals surface area contributed by atoms with Crippen molar-refractivity contribution in [3.05, 3.63) is 198 Å². The molecule has 0 aliphatic rings. The van der Waals surface area contributed by atoms with E-state index >= 15 is 4.39 Å². The molecule has 2 nitrogen and oxygen atoms in total. The van der Waals surface area contributed by atoms with Crippen LogP contribution in [-0.4, -0.2) is 22.8 Å². The van der Waals surface area contributed by atoms with Gasteiger partial charge in [-0.3, -0.25) is 4.98 Å². The summed E-state index contributed by atoms with van der Waals surface area (Å²) >= 11 is -0.296. The predicted molar refractivity (Wildman–Crippen MR) is 284 cm³/mol. The fourth-order valence-corrected chi connectivity index (χ4v) is 13.8. The van der Waals surface area contributed by atoms with Crippen LogP contribution < -0.4 is 4.40 Å². The van der Waals surface area contributed by atoms with Crippen LogP contribution in [0.4, 0.5) is 8.78 Å². The number of aryl methyl sites for hydroxylation is 2. The third-order valence-corrected chi connectivity index (χ3v) is 17.9. The zero-order chi connectivity index (χ0) is 48.3. The van der Waals surface area contributed by atoms with Crippen molar-refractivity contribution in [2.24, 2.45) is 0 Å². The molecule has 2 aromatic heterocycles. The van der Waals surface area contributed by atoms with E-state index in [4.69, 9.17) is 6.35 Å². The molecule has 0 fully saturated rings. The van der Waals surface area contributed by atoms with Crippen LogP contribution in [0.5, 0.6) is 0 Å². The zero-order valence-electron chi connectivity index (χ0n) is 41.2. The molecule has 0 N–H and O–H groups in total. The molecular weight excluding hydrogens is 1100 g/mol. The van der Waals surface area contributed by atoms with Crippen LogP contribution in [0.1, 0.15) is 64.1 Å². The Bertz CT molecular complexity index is 3480. The SMILES string of the molecule is Cc1cc(-c2ccc3c(c2)sc2c(-c4nc5ccc(F)cc5n4-c4c(-c5ccccc5)cccc4C(C)(C)C)[c-]ccc23)cc(C)c1F.[2H]C(C)(C)c1cc(-c2[c-]cccc2)[c-]c[c]1[Ge]([CH3])([CH3])[CH3].[Ir+3]. The number of fused-ring (bicyclic) bond motifs is 4. The zero-order valence-corrected chi connectivity index (χ0v) is 45.6. The minimum atomic E-state index is -1.99. The number of nitrogens with zero attached hydrogens (tertiary/aromatic N) is 2. The van der Waals surface area contributed by atoms with Gasteiger partial charge in [-0.1, -0.05) is 92.4 Å². The Kier molecular flexibility index (Phi) is 13.6. The Labute approximate surface area is 422 Å². The average Bonchev–Trinajstić information content (AvgIpc) is 3.88. The normalized spacial score (nSPS) is 12.2. The van der Waals surface area contributed by atoms with Crippen molar-refractivity contribution in [3.63, 3.8) is 0 Å². The van der Waals surface area contributed by atoms with Gasteiger partial charge >= 0.3 is 141 Å². The van der Waals surface area contributed by atoms with Crippen LogP contribution in [0.15, 0.2) is 146 Å². The largest absolute Gasteiger partial charge is 3.00 e. The number of thiophene rings is 1. The van der Waals surface area contributed by atoms with E-state index in [9.17, 15) is 4.39 Å². The van der Waals surface area contributed by atoms with Crippen molar-refractivity contribution in [1.29, 1.82) is 0 Å². The van der Waals surface area contributed by atoms with Gasteiger partial charge in [0.1, 0.15) is 11.6 Å². The Morgan fingerprint density at radius 2 is 1.44 bits per heavy atom. The first-order valence-corrected chi connectivity index (χ1v) is 31.0. The number of imidazole rings is 1. The first-order valence-electron chi connectivity index (χ1n) is 23.3. The van der Waals surface area contributed by atoms with E-state index in [1.165, 1.54) is 10.5 Å². The topological polar surface area (TPSA) is 17.8 Å². The maximum atomic E-state index is 15.1. The monoisotopic (exact) mass is 1150 g/mol. The third kappa shape index (κ3) is 9.58. The minimum Gasteiger partial charge on any atom is 3.00 e. The van der Waals surface area contributed by atoms with Gasteiger partial charge in [-0.2, -0.15) is 11.3 Å². The number of para-hydroxylation sites is 1. The van der Waals surface area contributed by atoms with Crippen LogP contribution in [0.25, 0.3) is 81.7 Å². The third-order valence-electron chi connectivity index (χ3n) is 12.5. The quantitative estimate of drug-likeness (QED) is 0.115. The van der Waals surface area contributed by atoms with Crippen LogP contribution in [0.2, 0.25) is 17.3 Å². The standard InChI is InChI=1S/C43H33F2N2S.C18H22Ge.Ir/c1-25-21-29(22-26(2)39(25)45)28-17-19-32-33-14-9-15-34(41(33)48-38(32)23-28)42-46-36-20-18-30(44)24-37(36)47(42)40-31(27-11-7-6-8-12-27)13-10-16-35(40)43(3,4)5;1-14(2)17-13-16(15-9-7-6-8-10-15)11-12-18(17)19(3,4)5;/h6-14,16-24H,1-5H3;6-9,12-14H,1-5H3;/q-1;-2;+3/i;14D;. The second kappa shape index (κ2) is 19.5. The van der Waals surface area contributed by atoms with Crippen LogP contribution in [-0.2, 0) is 25.5 Å². The van der Waals surface area contributed by atoms with Crippen molar-refractivity contribution >= 4 is 60.2 Å². The predicted octanol–water partition coefficient (Wildman–Crippen LogP) is 17.0. The molecule has 0 aliphatic heterocycles. The first-order chi connectivity index (χ1) is 32.3. The molecular formula is C61H55F2GeIrN2S. The van der Waals surface area contributed by atoms with Crippen molar-refractivity contribution in [2.75, 3.05) is 0 Å². The van der Waals surface area contributed by atoms with E-state index in [-0.39, 0.29) is 37.2 Å². The summed E-state index contributed by atoms with van der Waals surface area (Å²) in [5.41, 5.74) is 12.8. The Morgan fingerprint density at radius 1 is 0.706 bits per heavy atom. The number of hydrogen-bond donors (Lipinski definition) is 0. The molecule has 0 bridgehead atoms. The number of hydrogen-bond acceptors (Lipinski definition) is 2. The fraction of sp³-hybridized carbons (Fsp3) is 0.197. The van der Waals surface area contributed by atoms with Crippen LogP contribution in [0.3, 0.4) is 0 Å². The molecule has 0 radical (unpaired) electrons. The van der Waals surface area contributed by atoms with Gasteiger partial charge in [0, 0.05) is 10.3 Å². The Balaban J connectivity index is 0.000000257.